The second-order valence-corrected chi connectivity index (χ2v) is 8.88. The highest BCUT2D eigenvalue weighted by Gasteiger charge is 2.30. The molecule has 0 atom stereocenters. The molecule has 0 bridgehead atoms. The Morgan fingerprint density at radius 1 is 1.00 bits per heavy atom. The topological polar surface area (TPSA) is 109 Å². The van der Waals surface area contributed by atoms with E-state index in [1.54, 1.807) is 12.1 Å². The SMILES string of the molecule is Cc1ccc(CNC(=O)C(=O)N/N=C\c2cc(Br)ccc2OCC(=O)Nc2cccc(C(F)(F)F)c2)cc1. The molecule has 0 unspecified atom stereocenters. The molecule has 3 rings (SSSR count). The zero-order chi connectivity index (χ0) is 27.7. The fraction of sp³-hybridized carbons (Fsp3) is 0.154. The van der Waals surface area contributed by atoms with Crippen LogP contribution in [0, 0.1) is 6.92 Å². The molecule has 0 aliphatic rings. The van der Waals surface area contributed by atoms with Gasteiger partial charge in [0.25, 0.3) is 5.91 Å². The number of anilines is 1. The first-order valence-electron chi connectivity index (χ1n) is 11.1. The van der Waals surface area contributed by atoms with Gasteiger partial charge in [0.15, 0.2) is 6.61 Å². The van der Waals surface area contributed by atoms with Crippen LogP contribution in [0.3, 0.4) is 0 Å². The van der Waals surface area contributed by atoms with E-state index in [4.69, 9.17) is 4.74 Å². The molecule has 0 saturated carbocycles. The van der Waals surface area contributed by atoms with Gasteiger partial charge in [0.2, 0.25) is 0 Å². The molecule has 0 aromatic heterocycles. The summed E-state index contributed by atoms with van der Waals surface area (Å²) >= 11 is 3.29. The van der Waals surface area contributed by atoms with Gasteiger partial charge in [-0.25, -0.2) is 5.43 Å². The zero-order valence-corrected chi connectivity index (χ0v) is 21.5. The summed E-state index contributed by atoms with van der Waals surface area (Å²) in [7, 11) is 0. The lowest BCUT2D eigenvalue weighted by Gasteiger charge is -2.12. The number of nitrogens with zero attached hydrogens (tertiary/aromatic N) is 1. The van der Waals surface area contributed by atoms with Crippen molar-refractivity contribution >= 4 is 45.6 Å². The fourth-order valence-corrected chi connectivity index (χ4v) is 3.42. The normalized spacial score (nSPS) is 11.2. The summed E-state index contributed by atoms with van der Waals surface area (Å²) in [6.45, 7) is 1.60. The maximum Gasteiger partial charge on any atom is 0.416 e. The average Bonchev–Trinajstić information content (AvgIpc) is 2.87. The Hall–Kier alpha value is -4.19. The molecule has 12 heteroatoms. The number of carbonyl (C=O) groups excluding carboxylic acids is 3. The van der Waals surface area contributed by atoms with Gasteiger partial charge in [-0.15, -0.1) is 0 Å². The summed E-state index contributed by atoms with van der Waals surface area (Å²) in [5.41, 5.74) is 3.44. The number of nitrogens with one attached hydrogen (secondary N) is 3. The first-order valence-corrected chi connectivity index (χ1v) is 11.9. The van der Waals surface area contributed by atoms with Crippen LogP contribution in [0.5, 0.6) is 5.75 Å². The lowest BCUT2D eigenvalue weighted by Crippen LogP contribution is -2.37. The molecule has 0 spiro atoms. The van der Waals surface area contributed by atoms with Gasteiger partial charge in [0.05, 0.1) is 11.8 Å². The number of ether oxygens (including phenoxy) is 1. The molecule has 0 aliphatic carbocycles. The molecule has 3 aromatic carbocycles. The number of aryl methyl sites for hydroxylation is 1. The average molecular weight is 591 g/mol. The van der Waals surface area contributed by atoms with Crippen LogP contribution in [-0.4, -0.2) is 30.5 Å². The number of alkyl halides is 3. The number of rotatable bonds is 8. The van der Waals surface area contributed by atoms with Gasteiger partial charge in [0, 0.05) is 22.3 Å². The standard InChI is InChI=1S/C26H22BrF3N4O4/c1-16-5-7-17(8-6-16)13-31-24(36)25(37)34-32-14-18-11-20(27)9-10-22(18)38-15-23(35)33-21-4-2-3-19(12-21)26(28,29)30/h2-12,14H,13,15H2,1H3,(H,31,36)(H,33,35)(H,34,37)/b32-14-. The molecule has 198 valence electrons. The molecule has 0 fully saturated rings. The van der Waals surface area contributed by atoms with Crippen molar-refractivity contribution in [2.24, 2.45) is 5.10 Å². The second-order valence-electron chi connectivity index (χ2n) is 7.96. The number of carbonyl (C=O) groups is 3. The molecule has 0 aliphatic heterocycles. The molecule has 3 aromatic rings. The third-order valence-corrected chi connectivity index (χ3v) is 5.45. The predicted octanol–water partition coefficient (Wildman–Crippen LogP) is 4.56. The Labute approximate surface area is 224 Å². The van der Waals surface area contributed by atoms with Crippen LogP contribution in [0.15, 0.2) is 76.3 Å². The van der Waals surface area contributed by atoms with E-state index < -0.39 is 36.1 Å². The minimum Gasteiger partial charge on any atom is -0.483 e. The number of amides is 3. The van der Waals surface area contributed by atoms with Crippen molar-refractivity contribution in [3.8, 4) is 5.75 Å². The van der Waals surface area contributed by atoms with Crippen LogP contribution in [-0.2, 0) is 27.1 Å². The van der Waals surface area contributed by atoms with Crippen molar-refractivity contribution in [2.75, 3.05) is 11.9 Å². The van der Waals surface area contributed by atoms with Crippen molar-refractivity contribution in [3.05, 3.63) is 93.5 Å². The van der Waals surface area contributed by atoms with Gasteiger partial charge in [0.1, 0.15) is 5.75 Å². The van der Waals surface area contributed by atoms with E-state index in [2.05, 4.69) is 37.1 Å². The lowest BCUT2D eigenvalue weighted by molar-refractivity contribution is -0.139. The Morgan fingerprint density at radius 2 is 1.74 bits per heavy atom. The Morgan fingerprint density at radius 3 is 2.45 bits per heavy atom. The molecule has 0 saturated heterocycles. The highest BCUT2D eigenvalue weighted by Crippen LogP contribution is 2.30. The summed E-state index contributed by atoms with van der Waals surface area (Å²) in [5, 5.41) is 8.60. The Balaban J connectivity index is 1.54. The van der Waals surface area contributed by atoms with Gasteiger partial charge in [-0.1, -0.05) is 51.8 Å². The molecular weight excluding hydrogens is 569 g/mol. The maximum absolute atomic E-state index is 12.9. The van der Waals surface area contributed by atoms with Crippen molar-refractivity contribution in [1.29, 1.82) is 0 Å². The first kappa shape index (κ1) is 28.4. The minimum absolute atomic E-state index is 0.0330. The van der Waals surface area contributed by atoms with Crippen molar-refractivity contribution in [2.45, 2.75) is 19.6 Å². The smallest absolute Gasteiger partial charge is 0.416 e. The largest absolute Gasteiger partial charge is 0.483 e. The van der Waals surface area contributed by atoms with Crippen LogP contribution in [0.2, 0.25) is 0 Å². The van der Waals surface area contributed by atoms with Crippen LogP contribution in [0.25, 0.3) is 0 Å². The second kappa shape index (κ2) is 12.9. The van der Waals surface area contributed by atoms with Crippen molar-refractivity contribution in [1.82, 2.24) is 10.7 Å². The number of benzene rings is 3. The molecule has 3 N–H and O–H groups in total. The van der Waals surface area contributed by atoms with Crippen molar-refractivity contribution in [3.63, 3.8) is 0 Å². The van der Waals surface area contributed by atoms with Gasteiger partial charge >= 0.3 is 18.0 Å². The molecule has 3 amide bonds. The number of hydrogen-bond acceptors (Lipinski definition) is 5. The van der Waals surface area contributed by atoms with Gasteiger partial charge in [-0.2, -0.15) is 18.3 Å². The summed E-state index contributed by atoms with van der Waals surface area (Å²) in [5.74, 6) is -2.34. The highest BCUT2D eigenvalue weighted by atomic mass is 79.9. The van der Waals surface area contributed by atoms with E-state index in [1.807, 2.05) is 31.2 Å². The highest BCUT2D eigenvalue weighted by molar-refractivity contribution is 9.10. The minimum atomic E-state index is -4.54. The van der Waals surface area contributed by atoms with E-state index in [0.29, 0.717) is 10.0 Å². The number of hydrazone groups is 1. The summed E-state index contributed by atoms with van der Waals surface area (Å²) < 4.78 is 44.7. The van der Waals surface area contributed by atoms with E-state index in [1.165, 1.54) is 24.4 Å². The maximum atomic E-state index is 12.9. The summed E-state index contributed by atoms with van der Waals surface area (Å²) in [6, 6.07) is 16.4. The fourth-order valence-electron chi connectivity index (χ4n) is 3.05. The van der Waals surface area contributed by atoms with E-state index >= 15 is 0 Å². The van der Waals surface area contributed by atoms with Crippen LogP contribution in [0.1, 0.15) is 22.3 Å². The number of hydrogen-bond donors (Lipinski definition) is 3. The number of halogens is 4. The summed E-state index contributed by atoms with van der Waals surface area (Å²) in [4.78, 5) is 36.3. The van der Waals surface area contributed by atoms with Crippen LogP contribution in [0.4, 0.5) is 18.9 Å². The molecule has 38 heavy (non-hydrogen) atoms. The third-order valence-electron chi connectivity index (χ3n) is 4.95. The molecule has 0 radical (unpaired) electrons. The zero-order valence-electron chi connectivity index (χ0n) is 19.9. The lowest BCUT2D eigenvalue weighted by atomic mass is 10.1. The molecule has 0 heterocycles. The van der Waals surface area contributed by atoms with Crippen molar-refractivity contribution < 1.29 is 32.3 Å². The predicted molar refractivity (Wildman–Crippen MR) is 138 cm³/mol. The molecular formula is C26H22BrF3N4O4. The Kier molecular flexibility index (Phi) is 9.61. The summed E-state index contributed by atoms with van der Waals surface area (Å²) in [6.07, 6.45) is -3.32. The quantitative estimate of drug-likeness (QED) is 0.203. The first-order chi connectivity index (χ1) is 18.0. The monoisotopic (exact) mass is 590 g/mol. The van der Waals surface area contributed by atoms with E-state index in [-0.39, 0.29) is 18.0 Å². The van der Waals surface area contributed by atoms with Crippen LogP contribution >= 0.6 is 15.9 Å². The van der Waals surface area contributed by atoms with E-state index in [9.17, 15) is 27.6 Å². The third kappa shape index (κ3) is 8.73. The van der Waals surface area contributed by atoms with Gasteiger partial charge < -0.3 is 15.4 Å². The molecule has 8 nitrogen and oxygen atoms in total. The van der Waals surface area contributed by atoms with E-state index in [0.717, 1.165) is 23.3 Å². The Bertz CT molecular complexity index is 1350. The van der Waals surface area contributed by atoms with Gasteiger partial charge in [-0.05, 0) is 48.9 Å². The van der Waals surface area contributed by atoms with Crippen LogP contribution < -0.4 is 20.8 Å². The van der Waals surface area contributed by atoms with Gasteiger partial charge in [-0.3, -0.25) is 14.4 Å².